The molecule has 0 radical (unpaired) electrons. The van der Waals surface area contributed by atoms with E-state index in [1.165, 1.54) is 5.56 Å². The summed E-state index contributed by atoms with van der Waals surface area (Å²) in [5.74, 6) is 1.75. The number of aryl methyl sites for hydroxylation is 1. The predicted molar refractivity (Wildman–Crippen MR) is 131 cm³/mol. The Hall–Kier alpha value is -4.27. The Bertz CT molecular complexity index is 1400. The highest BCUT2D eigenvalue weighted by Crippen LogP contribution is 2.21. The first-order valence-corrected chi connectivity index (χ1v) is 11.4. The first kappa shape index (κ1) is 20.3. The van der Waals surface area contributed by atoms with Crippen LogP contribution in [0.2, 0.25) is 0 Å². The number of hydrogen-bond donors (Lipinski definition) is 0. The molecule has 0 unspecified atom stereocenters. The summed E-state index contributed by atoms with van der Waals surface area (Å²) in [5.41, 5.74) is 5.09. The number of nitrogens with zero attached hydrogens (tertiary/aromatic N) is 9. The van der Waals surface area contributed by atoms with Gasteiger partial charge in [-0.25, -0.2) is 15.0 Å². The van der Waals surface area contributed by atoms with E-state index in [9.17, 15) is 0 Å². The average molecular weight is 452 g/mol. The minimum atomic E-state index is 0.789. The monoisotopic (exact) mass is 451 g/mol. The zero-order chi connectivity index (χ0) is 22.9. The first-order chi connectivity index (χ1) is 16.7. The minimum absolute atomic E-state index is 0.789. The number of piperazine rings is 1. The Morgan fingerprint density at radius 2 is 1.53 bits per heavy atom. The molecule has 9 heteroatoms. The molecular weight excluding hydrogens is 426 g/mol. The van der Waals surface area contributed by atoms with Crippen molar-refractivity contribution in [2.75, 3.05) is 36.0 Å². The number of benzene rings is 1. The standard InChI is InChI=1S/C25H25N9/c1-31-16-21(14-29-31)22-17-34-18-24(30-23(34)15-26-22)32-7-9-33(10-8-32)25-27-12-20(13-28-25)11-19-5-3-2-4-6-19/h2-6,12-18H,7-11H2,1H3. The van der Waals surface area contributed by atoms with Gasteiger partial charge in [0.05, 0.1) is 24.3 Å². The lowest BCUT2D eigenvalue weighted by molar-refractivity contribution is 0.635. The number of hydrogen-bond acceptors (Lipinski definition) is 7. The molecule has 4 aromatic heterocycles. The van der Waals surface area contributed by atoms with Gasteiger partial charge in [0, 0.05) is 70.0 Å². The minimum Gasteiger partial charge on any atom is -0.352 e. The molecule has 6 rings (SSSR count). The van der Waals surface area contributed by atoms with Crippen molar-refractivity contribution >= 4 is 17.4 Å². The second kappa shape index (κ2) is 8.58. The van der Waals surface area contributed by atoms with Crippen LogP contribution in [0.25, 0.3) is 16.9 Å². The van der Waals surface area contributed by atoms with Crippen LogP contribution in [0.3, 0.4) is 0 Å². The van der Waals surface area contributed by atoms with Gasteiger partial charge < -0.3 is 14.2 Å². The SMILES string of the molecule is Cn1cc(-c2cn3cc(N4CCN(c5ncc(Cc6ccccc6)cn5)CC4)nc3cn2)cn1. The Morgan fingerprint density at radius 1 is 0.765 bits per heavy atom. The molecule has 0 amide bonds. The van der Waals surface area contributed by atoms with Gasteiger partial charge in [-0.2, -0.15) is 5.10 Å². The topological polar surface area (TPSA) is 80.3 Å². The fourth-order valence-electron chi connectivity index (χ4n) is 4.31. The van der Waals surface area contributed by atoms with Crippen LogP contribution in [-0.4, -0.2) is 60.3 Å². The van der Waals surface area contributed by atoms with Crippen LogP contribution in [-0.2, 0) is 13.5 Å². The molecule has 1 aromatic carbocycles. The van der Waals surface area contributed by atoms with Crippen molar-refractivity contribution in [3.05, 3.63) is 84.8 Å². The molecule has 0 spiro atoms. The van der Waals surface area contributed by atoms with Gasteiger partial charge in [-0.05, 0) is 11.1 Å². The second-order valence-corrected chi connectivity index (χ2v) is 8.57. The molecule has 34 heavy (non-hydrogen) atoms. The van der Waals surface area contributed by atoms with Gasteiger partial charge in [0.2, 0.25) is 5.95 Å². The molecule has 0 aliphatic carbocycles. The van der Waals surface area contributed by atoms with Gasteiger partial charge in [-0.3, -0.25) is 9.67 Å². The summed E-state index contributed by atoms with van der Waals surface area (Å²) in [4.78, 5) is 23.1. The molecule has 1 fully saturated rings. The van der Waals surface area contributed by atoms with Crippen LogP contribution < -0.4 is 9.80 Å². The van der Waals surface area contributed by atoms with E-state index in [1.807, 2.05) is 54.7 Å². The average Bonchev–Trinajstić information content (AvgIpc) is 3.51. The van der Waals surface area contributed by atoms with Crippen molar-refractivity contribution in [3.63, 3.8) is 0 Å². The molecule has 0 bridgehead atoms. The van der Waals surface area contributed by atoms with E-state index in [0.29, 0.717) is 0 Å². The number of anilines is 2. The predicted octanol–water partition coefficient (Wildman–Crippen LogP) is 2.84. The lowest BCUT2D eigenvalue weighted by Gasteiger charge is -2.34. The number of imidazole rings is 1. The summed E-state index contributed by atoms with van der Waals surface area (Å²) >= 11 is 0. The van der Waals surface area contributed by atoms with Gasteiger partial charge in [0.25, 0.3) is 0 Å². The second-order valence-electron chi connectivity index (χ2n) is 8.57. The van der Waals surface area contributed by atoms with Crippen molar-refractivity contribution in [1.82, 2.24) is 34.1 Å². The zero-order valence-corrected chi connectivity index (χ0v) is 19.0. The molecule has 5 aromatic rings. The molecule has 1 aliphatic heterocycles. The van der Waals surface area contributed by atoms with Crippen molar-refractivity contribution in [1.29, 1.82) is 0 Å². The summed E-state index contributed by atoms with van der Waals surface area (Å²) < 4.78 is 3.81. The Labute approximate surface area is 197 Å². The van der Waals surface area contributed by atoms with Gasteiger partial charge in [-0.15, -0.1) is 0 Å². The molecule has 1 saturated heterocycles. The summed E-state index contributed by atoms with van der Waals surface area (Å²) in [7, 11) is 1.90. The number of aromatic nitrogens is 7. The van der Waals surface area contributed by atoms with E-state index < -0.39 is 0 Å². The van der Waals surface area contributed by atoms with Gasteiger partial charge >= 0.3 is 0 Å². The van der Waals surface area contributed by atoms with E-state index in [4.69, 9.17) is 4.98 Å². The largest absolute Gasteiger partial charge is 0.352 e. The summed E-state index contributed by atoms with van der Waals surface area (Å²) in [5, 5.41) is 4.24. The van der Waals surface area contributed by atoms with E-state index in [2.05, 4.69) is 60.3 Å². The van der Waals surface area contributed by atoms with E-state index in [0.717, 1.165) is 66.8 Å². The molecule has 170 valence electrons. The highest BCUT2D eigenvalue weighted by Gasteiger charge is 2.21. The summed E-state index contributed by atoms with van der Waals surface area (Å²) in [6, 6.07) is 10.4. The van der Waals surface area contributed by atoms with Gasteiger partial charge in [0.1, 0.15) is 5.82 Å². The Kier molecular flexibility index (Phi) is 5.14. The van der Waals surface area contributed by atoms with Crippen molar-refractivity contribution in [2.45, 2.75) is 6.42 Å². The van der Waals surface area contributed by atoms with E-state index in [1.54, 1.807) is 4.68 Å². The fraction of sp³-hybridized carbons (Fsp3) is 0.240. The van der Waals surface area contributed by atoms with Crippen molar-refractivity contribution in [3.8, 4) is 11.3 Å². The molecule has 1 aliphatic rings. The summed E-state index contributed by atoms with van der Waals surface area (Å²) in [6.45, 7) is 3.43. The molecule has 0 N–H and O–H groups in total. The van der Waals surface area contributed by atoms with Crippen LogP contribution in [0.5, 0.6) is 0 Å². The number of rotatable bonds is 5. The van der Waals surface area contributed by atoms with Crippen LogP contribution in [0, 0.1) is 0 Å². The maximum Gasteiger partial charge on any atom is 0.225 e. The first-order valence-electron chi connectivity index (χ1n) is 11.4. The molecule has 5 heterocycles. The third-order valence-electron chi connectivity index (χ3n) is 6.16. The Morgan fingerprint density at radius 3 is 2.26 bits per heavy atom. The highest BCUT2D eigenvalue weighted by atomic mass is 15.3. The van der Waals surface area contributed by atoms with E-state index in [-0.39, 0.29) is 0 Å². The highest BCUT2D eigenvalue weighted by molar-refractivity contribution is 5.59. The van der Waals surface area contributed by atoms with Crippen LogP contribution >= 0.6 is 0 Å². The van der Waals surface area contributed by atoms with Gasteiger partial charge in [-0.1, -0.05) is 30.3 Å². The zero-order valence-electron chi connectivity index (χ0n) is 19.0. The van der Waals surface area contributed by atoms with Gasteiger partial charge in [0.15, 0.2) is 5.65 Å². The van der Waals surface area contributed by atoms with Crippen LogP contribution in [0.15, 0.2) is 73.7 Å². The van der Waals surface area contributed by atoms with Crippen LogP contribution in [0.4, 0.5) is 11.8 Å². The van der Waals surface area contributed by atoms with Crippen molar-refractivity contribution < 1.29 is 0 Å². The van der Waals surface area contributed by atoms with Crippen LogP contribution in [0.1, 0.15) is 11.1 Å². The normalized spacial score (nSPS) is 14.1. The molecule has 0 atom stereocenters. The molecular formula is C25H25N9. The lowest BCUT2D eigenvalue weighted by Crippen LogP contribution is -2.47. The fourth-order valence-corrected chi connectivity index (χ4v) is 4.31. The number of fused-ring (bicyclic) bond motifs is 1. The molecule has 0 saturated carbocycles. The quantitative estimate of drug-likeness (QED) is 0.406. The third kappa shape index (κ3) is 4.07. The smallest absolute Gasteiger partial charge is 0.225 e. The maximum atomic E-state index is 4.78. The van der Waals surface area contributed by atoms with E-state index >= 15 is 0 Å². The maximum absolute atomic E-state index is 4.78. The summed E-state index contributed by atoms with van der Waals surface area (Å²) in [6.07, 6.45) is 14.4. The lowest BCUT2D eigenvalue weighted by atomic mass is 10.1. The third-order valence-corrected chi connectivity index (χ3v) is 6.16. The van der Waals surface area contributed by atoms with Crippen molar-refractivity contribution in [2.24, 2.45) is 7.05 Å². The Balaban J connectivity index is 1.11. The molecule has 9 nitrogen and oxygen atoms in total.